The Bertz CT molecular complexity index is 550. The lowest BCUT2D eigenvalue weighted by Gasteiger charge is -2.23. The largest absolute Gasteiger partial charge is 1.00 e. The maximum Gasteiger partial charge on any atom is 0.173 e. The number of quaternary nitrogens is 1. The van der Waals surface area contributed by atoms with Crippen molar-refractivity contribution in [3.63, 3.8) is 0 Å². The van der Waals surface area contributed by atoms with Crippen LogP contribution in [-0.4, -0.2) is 38.8 Å². The molecule has 142 valence electrons. The molecule has 1 heterocycles. The summed E-state index contributed by atoms with van der Waals surface area (Å²) < 4.78 is 9.00. The van der Waals surface area contributed by atoms with Crippen molar-refractivity contribution in [1.82, 2.24) is 0 Å². The molecular weight excluding hydrogens is 332 g/mol. The van der Waals surface area contributed by atoms with Crippen LogP contribution in [-0.2, 0) is 6.54 Å². The van der Waals surface area contributed by atoms with Gasteiger partial charge in [0.2, 0.25) is 0 Å². The van der Waals surface area contributed by atoms with Crippen molar-refractivity contribution in [2.24, 2.45) is 0 Å². The fourth-order valence-electron chi connectivity index (χ4n) is 2.32. The smallest absolute Gasteiger partial charge is 0.173 e. The molecule has 0 spiro atoms. The van der Waals surface area contributed by atoms with E-state index in [1.165, 1.54) is 18.5 Å². The van der Waals surface area contributed by atoms with E-state index in [4.69, 9.17) is 4.74 Å². The second kappa shape index (κ2) is 12.7. The van der Waals surface area contributed by atoms with Gasteiger partial charge in [0.05, 0.1) is 34.3 Å². The first kappa shape index (κ1) is 25.7. The van der Waals surface area contributed by atoms with Crippen LogP contribution < -0.4 is 21.7 Å². The molecule has 0 unspecified atom stereocenters. The van der Waals surface area contributed by atoms with Crippen molar-refractivity contribution >= 4 is 0 Å². The Kier molecular flexibility index (Phi) is 13.1. The van der Waals surface area contributed by atoms with Gasteiger partial charge in [-0.1, -0.05) is 20.9 Å². The standard InChI is InChI=1S/C19H28N2O.2CH4.ClH/c1-21(2,3)15-7-8-16-22-19-11-9-18(10-12-19)17-20-13-5-4-6-14-20;;;/h4-6,9-14H,7-8,15-17H2,1-3H3;2*1H4;1H/q+2;;;/p-1. The average molecular weight is 368 g/mol. The van der Waals surface area contributed by atoms with Crippen LogP contribution in [0, 0.1) is 0 Å². The minimum absolute atomic E-state index is 0. The van der Waals surface area contributed by atoms with Gasteiger partial charge in [0, 0.05) is 17.7 Å². The Morgan fingerprint density at radius 3 is 2.04 bits per heavy atom. The summed E-state index contributed by atoms with van der Waals surface area (Å²) in [6.07, 6.45) is 6.47. The second-order valence-electron chi connectivity index (χ2n) is 6.76. The molecule has 1 aromatic heterocycles. The topological polar surface area (TPSA) is 13.1 Å². The molecule has 0 saturated carbocycles. The van der Waals surface area contributed by atoms with Crippen LogP contribution in [0.3, 0.4) is 0 Å². The van der Waals surface area contributed by atoms with Crippen LogP contribution in [0.15, 0.2) is 54.9 Å². The third kappa shape index (κ3) is 10.8. The minimum atomic E-state index is 0. The lowest BCUT2D eigenvalue weighted by Crippen LogP contribution is -3.00. The minimum Gasteiger partial charge on any atom is -1.00 e. The molecule has 4 heteroatoms. The summed E-state index contributed by atoms with van der Waals surface area (Å²) >= 11 is 0. The summed E-state index contributed by atoms with van der Waals surface area (Å²) in [5, 5.41) is 0. The van der Waals surface area contributed by atoms with Crippen LogP contribution in [0.4, 0.5) is 0 Å². The molecule has 0 amide bonds. The third-order valence-corrected chi connectivity index (χ3v) is 3.56. The van der Waals surface area contributed by atoms with Gasteiger partial charge in [-0.15, -0.1) is 0 Å². The van der Waals surface area contributed by atoms with Crippen molar-refractivity contribution in [1.29, 1.82) is 0 Å². The Morgan fingerprint density at radius 2 is 1.48 bits per heavy atom. The van der Waals surface area contributed by atoms with E-state index in [0.29, 0.717) is 0 Å². The molecular formula is C21H36ClN2O+. The first-order valence-corrected chi connectivity index (χ1v) is 7.99. The summed E-state index contributed by atoms with van der Waals surface area (Å²) in [6.45, 7) is 2.88. The van der Waals surface area contributed by atoms with Crippen LogP contribution in [0.1, 0.15) is 33.3 Å². The molecule has 0 saturated heterocycles. The molecule has 0 radical (unpaired) electrons. The van der Waals surface area contributed by atoms with Gasteiger partial charge in [-0.3, -0.25) is 0 Å². The van der Waals surface area contributed by atoms with E-state index in [0.717, 1.165) is 29.8 Å². The number of rotatable bonds is 8. The Hall–Kier alpha value is -1.58. The number of hydrogen-bond acceptors (Lipinski definition) is 1. The highest BCUT2D eigenvalue weighted by Crippen LogP contribution is 2.12. The number of pyridine rings is 1. The van der Waals surface area contributed by atoms with Gasteiger partial charge in [0.1, 0.15) is 5.75 Å². The van der Waals surface area contributed by atoms with E-state index in [-0.39, 0.29) is 27.3 Å². The van der Waals surface area contributed by atoms with Gasteiger partial charge in [-0.05, 0) is 37.1 Å². The monoisotopic (exact) mass is 367 g/mol. The van der Waals surface area contributed by atoms with E-state index in [2.05, 4.69) is 62.4 Å². The number of halogens is 1. The summed E-state index contributed by atoms with van der Waals surface area (Å²) in [5.74, 6) is 0.965. The molecule has 25 heavy (non-hydrogen) atoms. The SMILES string of the molecule is C.C.C[N+](C)(C)CCCCOc1ccc(C[n+]2ccccc2)cc1.[Cl-]. The van der Waals surface area contributed by atoms with Crippen LogP contribution in [0.2, 0.25) is 0 Å². The van der Waals surface area contributed by atoms with E-state index in [1.807, 2.05) is 18.2 Å². The van der Waals surface area contributed by atoms with Crippen molar-refractivity contribution in [2.45, 2.75) is 34.2 Å². The Morgan fingerprint density at radius 1 is 0.880 bits per heavy atom. The molecule has 1 aromatic carbocycles. The Balaban J connectivity index is 0. The fourth-order valence-corrected chi connectivity index (χ4v) is 2.32. The fraction of sp³-hybridized carbons (Fsp3) is 0.476. The zero-order chi connectivity index (χ0) is 15.8. The highest BCUT2D eigenvalue weighted by molar-refractivity contribution is 5.26. The predicted octanol–water partition coefficient (Wildman–Crippen LogP) is 1.16. The summed E-state index contributed by atoms with van der Waals surface area (Å²) in [4.78, 5) is 0. The number of hydrogen-bond donors (Lipinski definition) is 0. The number of ether oxygens (including phenoxy) is 1. The maximum absolute atomic E-state index is 5.81. The maximum atomic E-state index is 5.81. The van der Waals surface area contributed by atoms with Crippen LogP contribution in [0.5, 0.6) is 5.75 Å². The highest BCUT2D eigenvalue weighted by Gasteiger charge is 2.06. The number of nitrogens with zero attached hydrogens (tertiary/aromatic N) is 2. The van der Waals surface area contributed by atoms with E-state index in [9.17, 15) is 0 Å². The molecule has 0 aliphatic heterocycles. The third-order valence-electron chi connectivity index (χ3n) is 3.56. The van der Waals surface area contributed by atoms with Gasteiger partial charge in [0.25, 0.3) is 0 Å². The normalized spacial score (nSPS) is 10.0. The Labute approximate surface area is 161 Å². The summed E-state index contributed by atoms with van der Waals surface area (Å²) in [5.41, 5.74) is 1.29. The second-order valence-corrected chi connectivity index (χ2v) is 6.76. The van der Waals surface area contributed by atoms with E-state index in [1.54, 1.807) is 0 Å². The van der Waals surface area contributed by atoms with Gasteiger partial charge < -0.3 is 21.6 Å². The lowest BCUT2D eigenvalue weighted by molar-refractivity contribution is -0.870. The zero-order valence-electron chi connectivity index (χ0n) is 14.4. The van der Waals surface area contributed by atoms with Crippen LogP contribution >= 0.6 is 0 Å². The number of benzene rings is 1. The molecule has 0 aliphatic carbocycles. The van der Waals surface area contributed by atoms with E-state index >= 15 is 0 Å². The molecule has 2 aromatic rings. The van der Waals surface area contributed by atoms with E-state index < -0.39 is 0 Å². The first-order valence-electron chi connectivity index (χ1n) is 7.99. The van der Waals surface area contributed by atoms with Crippen molar-refractivity contribution in [3.8, 4) is 5.75 Å². The molecule has 0 aliphatic rings. The summed E-state index contributed by atoms with van der Waals surface area (Å²) in [7, 11) is 6.68. The van der Waals surface area contributed by atoms with Gasteiger partial charge >= 0.3 is 0 Å². The van der Waals surface area contributed by atoms with Gasteiger partial charge in [0.15, 0.2) is 18.9 Å². The van der Waals surface area contributed by atoms with Gasteiger partial charge in [-0.25, -0.2) is 4.57 Å². The molecule has 3 nitrogen and oxygen atoms in total. The highest BCUT2D eigenvalue weighted by atomic mass is 35.5. The van der Waals surface area contributed by atoms with Gasteiger partial charge in [-0.2, -0.15) is 0 Å². The van der Waals surface area contributed by atoms with Crippen molar-refractivity contribution in [2.75, 3.05) is 34.3 Å². The molecule has 0 bridgehead atoms. The first-order chi connectivity index (χ1) is 10.5. The van der Waals surface area contributed by atoms with Crippen LogP contribution in [0.25, 0.3) is 0 Å². The van der Waals surface area contributed by atoms with Crippen molar-refractivity contribution < 1.29 is 26.2 Å². The number of unbranched alkanes of at least 4 members (excludes halogenated alkanes) is 1. The molecule has 0 atom stereocenters. The molecule has 0 N–H and O–H groups in total. The zero-order valence-corrected chi connectivity index (χ0v) is 15.2. The number of aromatic nitrogens is 1. The molecule has 0 fully saturated rings. The average Bonchev–Trinajstić information content (AvgIpc) is 2.48. The van der Waals surface area contributed by atoms with Crippen molar-refractivity contribution in [3.05, 3.63) is 60.4 Å². The lowest BCUT2D eigenvalue weighted by atomic mass is 10.2. The predicted molar refractivity (Wildman–Crippen MR) is 103 cm³/mol. The summed E-state index contributed by atoms with van der Waals surface area (Å²) in [6, 6.07) is 14.5. The quantitative estimate of drug-likeness (QED) is 0.388. The molecule has 2 rings (SSSR count).